The predicted octanol–water partition coefficient (Wildman–Crippen LogP) is 2.62. The first-order valence-electron chi connectivity index (χ1n) is 4.79. The van der Waals surface area contributed by atoms with Crippen LogP contribution < -0.4 is 0 Å². The van der Waals surface area contributed by atoms with Gasteiger partial charge in [0.2, 0.25) is 0 Å². The van der Waals surface area contributed by atoms with E-state index in [0.29, 0.717) is 6.61 Å². The number of hydrogen-bond donors (Lipinski definition) is 0. The Bertz CT molecular complexity index is 378. The molecule has 4 heteroatoms. The van der Waals surface area contributed by atoms with E-state index in [4.69, 9.17) is 10.00 Å². The minimum Gasteiger partial charge on any atom is -0.465 e. The number of aryl methyl sites for hydroxylation is 1. The lowest BCUT2D eigenvalue weighted by Crippen LogP contribution is -2.14. The van der Waals surface area contributed by atoms with Gasteiger partial charge in [0.15, 0.2) is 0 Å². The Labute approximate surface area is 93.3 Å². The quantitative estimate of drug-likeness (QED) is 0.737. The van der Waals surface area contributed by atoms with Gasteiger partial charge in [-0.25, -0.2) is 0 Å². The lowest BCUT2D eigenvalue weighted by molar-refractivity contribution is -0.144. The van der Waals surface area contributed by atoms with Crippen molar-refractivity contribution in [1.29, 1.82) is 5.26 Å². The van der Waals surface area contributed by atoms with Gasteiger partial charge in [-0.1, -0.05) is 0 Å². The zero-order valence-corrected chi connectivity index (χ0v) is 9.63. The van der Waals surface area contributed by atoms with Crippen LogP contribution in [-0.4, -0.2) is 12.6 Å². The first-order chi connectivity index (χ1) is 7.19. The van der Waals surface area contributed by atoms with E-state index in [1.807, 2.05) is 25.1 Å². The molecule has 1 unspecified atom stereocenters. The van der Waals surface area contributed by atoms with E-state index in [0.717, 1.165) is 9.75 Å². The molecule has 80 valence electrons. The van der Waals surface area contributed by atoms with Gasteiger partial charge in [0, 0.05) is 9.75 Å². The average Bonchev–Trinajstić information content (AvgIpc) is 2.61. The molecule has 1 rings (SSSR count). The maximum atomic E-state index is 11.6. The average molecular weight is 223 g/mol. The molecule has 0 aliphatic heterocycles. The molecule has 0 spiro atoms. The van der Waals surface area contributed by atoms with Gasteiger partial charge in [0.05, 0.1) is 19.1 Å². The van der Waals surface area contributed by atoms with Crippen molar-refractivity contribution in [3.8, 4) is 6.07 Å². The third-order valence-corrected chi connectivity index (χ3v) is 3.09. The third-order valence-electron chi connectivity index (χ3n) is 1.97. The van der Waals surface area contributed by atoms with E-state index in [-0.39, 0.29) is 12.4 Å². The van der Waals surface area contributed by atoms with Crippen LogP contribution in [0.1, 0.15) is 29.0 Å². The molecule has 0 amide bonds. The topological polar surface area (TPSA) is 50.1 Å². The van der Waals surface area contributed by atoms with Crippen molar-refractivity contribution in [2.75, 3.05) is 6.61 Å². The number of carbonyl (C=O) groups is 1. The van der Waals surface area contributed by atoms with Crippen molar-refractivity contribution in [2.24, 2.45) is 0 Å². The standard InChI is InChI=1S/C11H13NO2S/c1-3-14-11(13)9(6-7-12)10-5-4-8(2)15-10/h4-5,9H,3,6H2,1-2H3. The van der Waals surface area contributed by atoms with Crippen molar-refractivity contribution < 1.29 is 9.53 Å². The molecule has 3 nitrogen and oxygen atoms in total. The monoisotopic (exact) mass is 223 g/mol. The maximum absolute atomic E-state index is 11.6. The predicted molar refractivity (Wildman–Crippen MR) is 58.7 cm³/mol. The smallest absolute Gasteiger partial charge is 0.315 e. The third kappa shape index (κ3) is 3.07. The summed E-state index contributed by atoms with van der Waals surface area (Å²) in [5.74, 6) is -0.727. The van der Waals surface area contributed by atoms with Crippen molar-refractivity contribution in [1.82, 2.24) is 0 Å². The Morgan fingerprint density at radius 2 is 2.40 bits per heavy atom. The second-order valence-corrected chi connectivity index (χ2v) is 4.43. The number of nitrogens with zero attached hydrogens (tertiary/aromatic N) is 1. The van der Waals surface area contributed by atoms with Gasteiger partial charge in [-0.3, -0.25) is 4.79 Å². The van der Waals surface area contributed by atoms with Crippen molar-refractivity contribution in [2.45, 2.75) is 26.2 Å². The van der Waals surface area contributed by atoms with E-state index < -0.39 is 5.92 Å². The molecule has 1 heterocycles. The van der Waals surface area contributed by atoms with Crippen LogP contribution >= 0.6 is 11.3 Å². The van der Waals surface area contributed by atoms with Gasteiger partial charge >= 0.3 is 5.97 Å². The van der Waals surface area contributed by atoms with Crippen LogP contribution in [-0.2, 0) is 9.53 Å². The van der Waals surface area contributed by atoms with Crippen molar-refractivity contribution in [3.63, 3.8) is 0 Å². The summed E-state index contributed by atoms with van der Waals surface area (Å²) in [7, 11) is 0. The number of thiophene rings is 1. The summed E-state index contributed by atoms with van der Waals surface area (Å²) < 4.78 is 4.94. The zero-order chi connectivity index (χ0) is 11.3. The van der Waals surface area contributed by atoms with Crippen LogP contribution in [0.15, 0.2) is 12.1 Å². The number of ether oxygens (including phenoxy) is 1. The Morgan fingerprint density at radius 3 is 2.87 bits per heavy atom. The molecule has 0 fully saturated rings. The normalized spacial score (nSPS) is 11.8. The molecule has 0 bridgehead atoms. The number of carbonyl (C=O) groups excluding carboxylic acids is 1. The van der Waals surface area contributed by atoms with Crippen LogP contribution in [0.2, 0.25) is 0 Å². The molecule has 0 radical (unpaired) electrons. The SMILES string of the molecule is CCOC(=O)C(CC#N)c1ccc(C)s1. The summed E-state index contributed by atoms with van der Waals surface area (Å²) in [6, 6.07) is 5.86. The van der Waals surface area contributed by atoms with Crippen LogP contribution in [0, 0.1) is 18.3 Å². The molecule has 0 saturated heterocycles. The lowest BCUT2D eigenvalue weighted by Gasteiger charge is -2.09. The van der Waals surface area contributed by atoms with Gasteiger partial charge in [0.1, 0.15) is 5.92 Å². The molecule has 15 heavy (non-hydrogen) atoms. The highest BCUT2D eigenvalue weighted by Crippen LogP contribution is 2.27. The van der Waals surface area contributed by atoms with Gasteiger partial charge < -0.3 is 4.74 Å². The van der Waals surface area contributed by atoms with Gasteiger partial charge in [-0.2, -0.15) is 5.26 Å². The van der Waals surface area contributed by atoms with Crippen LogP contribution in [0.3, 0.4) is 0 Å². The van der Waals surface area contributed by atoms with Crippen molar-refractivity contribution in [3.05, 3.63) is 21.9 Å². The molecule has 1 aromatic rings. The minimum absolute atomic E-state index is 0.179. The molecule has 0 aliphatic carbocycles. The highest BCUT2D eigenvalue weighted by molar-refractivity contribution is 7.12. The summed E-state index contributed by atoms with van der Waals surface area (Å²) in [6.45, 7) is 4.09. The molecule has 0 N–H and O–H groups in total. The van der Waals surface area contributed by atoms with E-state index >= 15 is 0 Å². The van der Waals surface area contributed by atoms with Crippen LogP contribution in [0.4, 0.5) is 0 Å². The first-order valence-corrected chi connectivity index (χ1v) is 5.60. The Balaban J connectivity index is 2.83. The molecule has 0 aromatic carbocycles. The molecular weight excluding hydrogens is 210 g/mol. The summed E-state index contributed by atoms with van der Waals surface area (Å²) in [5, 5.41) is 8.67. The maximum Gasteiger partial charge on any atom is 0.315 e. The Morgan fingerprint density at radius 1 is 1.67 bits per heavy atom. The van der Waals surface area contributed by atoms with Crippen molar-refractivity contribution >= 4 is 17.3 Å². The van der Waals surface area contributed by atoms with Gasteiger partial charge in [-0.15, -0.1) is 11.3 Å². The summed E-state index contributed by atoms with van der Waals surface area (Å²) >= 11 is 1.54. The van der Waals surface area contributed by atoms with E-state index in [2.05, 4.69) is 0 Å². The molecule has 1 atom stereocenters. The molecule has 1 aromatic heterocycles. The number of rotatable bonds is 4. The Hall–Kier alpha value is -1.34. The van der Waals surface area contributed by atoms with Crippen LogP contribution in [0.5, 0.6) is 0 Å². The van der Waals surface area contributed by atoms with E-state index in [1.165, 1.54) is 11.3 Å². The summed E-state index contributed by atoms with van der Waals surface area (Å²) in [4.78, 5) is 13.6. The number of hydrogen-bond acceptors (Lipinski definition) is 4. The highest BCUT2D eigenvalue weighted by atomic mass is 32.1. The first kappa shape index (κ1) is 11.7. The highest BCUT2D eigenvalue weighted by Gasteiger charge is 2.22. The number of esters is 1. The largest absolute Gasteiger partial charge is 0.465 e. The van der Waals surface area contributed by atoms with E-state index in [9.17, 15) is 4.79 Å². The number of nitriles is 1. The molecule has 0 saturated carbocycles. The lowest BCUT2D eigenvalue weighted by atomic mass is 10.1. The molecular formula is C11H13NO2S. The minimum atomic E-state index is -0.423. The fraction of sp³-hybridized carbons (Fsp3) is 0.455. The van der Waals surface area contributed by atoms with E-state index in [1.54, 1.807) is 6.92 Å². The second-order valence-electron chi connectivity index (χ2n) is 3.12. The Kier molecular flexibility index (Phi) is 4.32. The molecule has 0 aliphatic rings. The fourth-order valence-electron chi connectivity index (χ4n) is 1.27. The second kappa shape index (κ2) is 5.52. The van der Waals surface area contributed by atoms with Gasteiger partial charge in [0.25, 0.3) is 0 Å². The summed E-state index contributed by atoms with van der Waals surface area (Å²) in [5.41, 5.74) is 0. The van der Waals surface area contributed by atoms with Crippen LogP contribution in [0.25, 0.3) is 0 Å². The summed E-state index contributed by atoms with van der Waals surface area (Å²) in [6.07, 6.45) is 0.179. The zero-order valence-electron chi connectivity index (χ0n) is 8.82. The van der Waals surface area contributed by atoms with Gasteiger partial charge in [-0.05, 0) is 26.0 Å². The fourth-order valence-corrected chi connectivity index (χ4v) is 2.24.